The lowest BCUT2D eigenvalue weighted by molar-refractivity contribution is -0.0278. The van der Waals surface area contributed by atoms with Crippen LogP contribution in [0.5, 0.6) is 0 Å². The number of ether oxygens (including phenoxy) is 1. The summed E-state index contributed by atoms with van der Waals surface area (Å²) in [5.74, 6) is 1.23. The Bertz CT molecular complexity index is 422. The lowest BCUT2D eigenvalue weighted by atomic mass is 9.88. The van der Waals surface area contributed by atoms with Gasteiger partial charge in [-0.05, 0) is 42.7 Å². The van der Waals surface area contributed by atoms with Gasteiger partial charge in [-0.25, -0.2) is 0 Å². The Balaban J connectivity index is 1.67. The molecule has 1 saturated heterocycles. The number of nitrogens with one attached hydrogen (secondary N) is 1. The molecule has 1 saturated carbocycles. The first kappa shape index (κ1) is 14.1. The van der Waals surface area contributed by atoms with Gasteiger partial charge in [-0.3, -0.25) is 0 Å². The lowest BCUT2D eigenvalue weighted by Crippen LogP contribution is -2.32. The standard InChI is InChI=1S/C18H27NO/c1-13(2)14-5-7-15(8-6-14)18-16(4-3-11-20-18)12-19-17-9-10-17/h5-8,13,16-19H,3-4,9-12H2,1-2H3. The van der Waals surface area contributed by atoms with E-state index in [1.807, 2.05) is 0 Å². The van der Waals surface area contributed by atoms with E-state index in [0.717, 1.165) is 19.2 Å². The molecule has 2 atom stereocenters. The molecule has 0 amide bonds. The van der Waals surface area contributed by atoms with Crippen LogP contribution < -0.4 is 5.32 Å². The summed E-state index contributed by atoms with van der Waals surface area (Å²) in [5, 5.41) is 3.68. The van der Waals surface area contributed by atoms with E-state index in [0.29, 0.717) is 11.8 Å². The predicted octanol–water partition coefficient (Wildman–Crippen LogP) is 4.03. The second-order valence-corrected chi connectivity index (χ2v) is 6.70. The Kier molecular flexibility index (Phi) is 4.42. The van der Waals surface area contributed by atoms with Gasteiger partial charge in [0.1, 0.15) is 0 Å². The average molecular weight is 273 g/mol. The van der Waals surface area contributed by atoms with Gasteiger partial charge in [0.05, 0.1) is 6.10 Å². The quantitative estimate of drug-likeness (QED) is 0.874. The summed E-state index contributed by atoms with van der Waals surface area (Å²) in [4.78, 5) is 0. The molecule has 1 N–H and O–H groups in total. The summed E-state index contributed by atoms with van der Waals surface area (Å²) < 4.78 is 6.09. The topological polar surface area (TPSA) is 21.3 Å². The van der Waals surface area contributed by atoms with Crippen LogP contribution in [-0.2, 0) is 4.74 Å². The summed E-state index contributed by atoms with van der Waals surface area (Å²) in [5.41, 5.74) is 2.77. The molecule has 1 aliphatic heterocycles. The molecule has 2 nitrogen and oxygen atoms in total. The highest BCUT2D eigenvalue weighted by atomic mass is 16.5. The summed E-state index contributed by atoms with van der Waals surface area (Å²) in [6.07, 6.45) is 5.51. The average Bonchev–Trinajstić information content (AvgIpc) is 3.30. The first-order valence-corrected chi connectivity index (χ1v) is 8.19. The molecule has 2 aliphatic rings. The molecule has 1 aromatic carbocycles. The SMILES string of the molecule is CC(C)c1ccc(C2OCCCC2CNC2CC2)cc1. The molecule has 0 aromatic heterocycles. The van der Waals surface area contributed by atoms with Crippen molar-refractivity contribution in [3.8, 4) is 0 Å². The van der Waals surface area contributed by atoms with Gasteiger partial charge in [0.25, 0.3) is 0 Å². The third kappa shape index (κ3) is 3.42. The first-order chi connectivity index (χ1) is 9.74. The Morgan fingerprint density at radius 3 is 2.55 bits per heavy atom. The van der Waals surface area contributed by atoms with Crippen molar-refractivity contribution >= 4 is 0 Å². The van der Waals surface area contributed by atoms with E-state index >= 15 is 0 Å². The third-order valence-electron chi connectivity index (χ3n) is 4.62. The highest BCUT2D eigenvalue weighted by Crippen LogP contribution is 2.34. The number of hydrogen-bond acceptors (Lipinski definition) is 2. The zero-order valence-corrected chi connectivity index (χ0v) is 12.8. The van der Waals surface area contributed by atoms with Gasteiger partial charge in [-0.2, -0.15) is 0 Å². The van der Waals surface area contributed by atoms with Crippen molar-refractivity contribution in [2.24, 2.45) is 5.92 Å². The minimum Gasteiger partial charge on any atom is -0.373 e. The predicted molar refractivity (Wildman–Crippen MR) is 83.0 cm³/mol. The third-order valence-corrected chi connectivity index (χ3v) is 4.62. The molecule has 0 spiro atoms. The second-order valence-electron chi connectivity index (χ2n) is 6.70. The summed E-state index contributed by atoms with van der Waals surface area (Å²) >= 11 is 0. The summed E-state index contributed by atoms with van der Waals surface area (Å²) in [6, 6.07) is 9.87. The fourth-order valence-electron chi connectivity index (χ4n) is 3.10. The Hall–Kier alpha value is -0.860. The first-order valence-electron chi connectivity index (χ1n) is 8.19. The largest absolute Gasteiger partial charge is 0.373 e. The Labute approximate surface area is 122 Å². The molecule has 20 heavy (non-hydrogen) atoms. The smallest absolute Gasteiger partial charge is 0.0865 e. The fraction of sp³-hybridized carbons (Fsp3) is 0.667. The second kappa shape index (κ2) is 6.28. The summed E-state index contributed by atoms with van der Waals surface area (Å²) in [7, 11) is 0. The van der Waals surface area contributed by atoms with Crippen LogP contribution in [0.4, 0.5) is 0 Å². The molecule has 0 radical (unpaired) electrons. The van der Waals surface area contributed by atoms with E-state index in [-0.39, 0.29) is 6.10 Å². The lowest BCUT2D eigenvalue weighted by Gasteiger charge is -2.32. The highest BCUT2D eigenvalue weighted by Gasteiger charge is 2.29. The maximum atomic E-state index is 6.09. The van der Waals surface area contributed by atoms with E-state index in [2.05, 4.69) is 43.4 Å². The Morgan fingerprint density at radius 2 is 1.90 bits per heavy atom. The minimum atomic E-state index is 0.288. The maximum Gasteiger partial charge on any atom is 0.0865 e. The summed E-state index contributed by atoms with van der Waals surface area (Å²) in [6.45, 7) is 6.51. The normalized spacial score (nSPS) is 26.9. The van der Waals surface area contributed by atoms with Crippen LogP contribution in [0.3, 0.4) is 0 Å². The number of hydrogen-bond donors (Lipinski definition) is 1. The molecule has 3 rings (SSSR count). The van der Waals surface area contributed by atoms with Crippen molar-refractivity contribution in [2.75, 3.05) is 13.2 Å². The van der Waals surface area contributed by atoms with Crippen molar-refractivity contribution < 1.29 is 4.74 Å². The van der Waals surface area contributed by atoms with Crippen LogP contribution in [0.2, 0.25) is 0 Å². The van der Waals surface area contributed by atoms with Gasteiger partial charge < -0.3 is 10.1 Å². The zero-order valence-electron chi connectivity index (χ0n) is 12.8. The molecule has 1 aromatic rings. The van der Waals surface area contributed by atoms with Crippen molar-refractivity contribution in [3.63, 3.8) is 0 Å². The van der Waals surface area contributed by atoms with Gasteiger partial charge in [-0.1, -0.05) is 38.1 Å². The van der Waals surface area contributed by atoms with Crippen LogP contribution in [0.25, 0.3) is 0 Å². The molecule has 2 fully saturated rings. The minimum absolute atomic E-state index is 0.288. The number of benzene rings is 1. The van der Waals surface area contributed by atoms with E-state index in [1.54, 1.807) is 0 Å². The molecule has 0 bridgehead atoms. The molecule has 2 heteroatoms. The van der Waals surface area contributed by atoms with E-state index < -0.39 is 0 Å². The zero-order chi connectivity index (χ0) is 13.9. The van der Waals surface area contributed by atoms with Gasteiger partial charge in [0.2, 0.25) is 0 Å². The van der Waals surface area contributed by atoms with Crippen LogP contribution in [0.1, 0.15) is 62.7 Å². The molecule has 110 valence electrons. The fourth-order valence-corrected chi connectivity index (χ4v) is 3.10. The van der Waals surface area contributed by atoms with E-state index in [1.165, 1.54) is 36.8 Å². The molecule has 2 unspecified atom stereocenters. The monoisotopic (exact) mass is 273 g/mol. The van der Waals surface area contributed by atoms with E-state index in [4.69, 9.17) is 4.74 Å². The van der Waals surface area contributed by atoms with Gasteiger partial charge in [0.15, 0.2) is 0 Å². The molecule has 1 heterocycles. The maximum absolute atomic E-state index is 6.09. The number of rotatable bonds is 5. The van der Waals surface area contributed by atoms with Gasteiger partial charge in [-0.15, -0.1) is 0 Å². The Morgan fingerprint density at radius 1 is 1.15 bits per heavy atom. The van der Waals surface area contributed by atoms with Crippen molar-refractivity contribution in [1.29, 1.82) is 0 Å². The van der Waals surface area contributed by atoms with Crippen molar-refractivity contribution in [1.82, 2.24) is 5.32 Å². The van der Waals surface area contributed by atoms with Crippen molar-refractivity contribution in [3.05, 3.63) is 35.4 Å². The van der Waals surface area contributed by atoms with Crippen molar-refractivity contribution in [2.45, 2.75) is 57.6 Å². The van der Waals surface area contributed by atoms with Crippen LogP contribution in [-0.4, -0.2) is 19.2 Å². The van der Waals surface area contributed by atoms with Gasteiger partial charge in [0, 0.05) is 25.1 Å². The molecular weight excluding hydrogens is 246 g/mol. The van der Waals surface area contributed by atoms with Gasteiger partial charge >= 0.3 is 0 Å². The van der Waals surface area contributed by atoms with Crippen LogP contribution in [0.15, 0.2) is 24.3 Å². The van der Waals surface area contributed by atoms with E-state index in [9.17, 15) is 0 Å². The van der Waals surface area contributed by atoms with Crippen LogP contribution in [0, 0.1) is 5.92 Å². The molecule has 1 aliphatic carbocycles. The molecular formula is C18H27NO. The highest BCUT2D eigenvalue weighted by molar-refractivity contribution is 5.27. The van der Waals surface area contributed by atoms with Crippen LogP contribution >= 0.6 is 0 Å².